The molecule has 0 aliphatic carbocycles. The highest BCUT2D eigenvalue weighted by Crippen LogP contribution is 2.26. The van der Waals surface area contributed by atoms with Gasteiger partial charge in [-0.15, -0.1) is 25.3 Å². The number of hydrazine groups is 1. The molecule has 2 atom stereocenters. The first-order valence-electron chi connectivity index (χ1n) is 7.75. The third-order valence-corrected chi connectivity index (χ3v) is 4.55. The summed E-state index contributed by atoms with van der Waals surface area (Å²) in [5.41, 5.74) is 7.39. The van der Waals surface area contributed by atoms with E-state index in [1.165, 1.54) is 18.2 Å². The summed E-state index contributed by atoms with van der Waals surface area (Å²) in [7, 11) is 0. The van der Waals surface area contributed by atoms with Gasteiger partial charge in [0, 0.05) is 23.5 Å². The predicted octanol–water partition coefficient (Wildman–Crippen LogP) is 1.76. The number of amides is 2. The number of rotatable bonds is 4. The highest BCUT2D eigenvalue weighted by atomic mass is 32.1. The molecule has 0 radical (unpaired) electrons. The van der Waals surface area contributed by atoms with E-state index in [1.54, 1.807) is 12.1 Å². The standard InChI is InChI=1S/C16H19N5O3S2/c22-12-5-6-13(23)9(7-12)8-17-14(24)18-10-1-3-11(4-2-10)21-15(25)19-20-16(21)26/h1-7,15-16,19-20,22-23,25-26H,8H2,(H2,17,18,24). The number of nitrogens with zero attached hydrogens (tertiary/aromatic N) is 1. The second-order valence-electron chi connectivity index (χ2n) is 5.61. The summed E-state index contributed by atoms with van der Waals surface area (Å²) >= 11 is 8.81. The normalized spacial score (nSPS) is 19.4. The Hall–Kier alpha value is -2.27. The smallest absolute Gasteiger partial charge is 0.319 e. The van der Waals surface area contributed by atoms with Crippen molar-refractivity contribution in [2.24, 2.45) is 0 Å². The summed E-state index contributed by atoms with van der Waals surface area (Å²) in [4.78, 5) is 13.9. The molecule has 1 saturated heterocycles. The van der Waals surface area contributed by atoms with Gasteiger partial charge < -0.3 is 25.7 Å². The molecule has 1 aliphatic heterocycles. The number of nitrogens with one attached hydrogen (secondary N) is 4. The molecule has 10 heteroatoms. The number of hydrogen-bond donors (Lipinski definition) is 8. The van der Waals surface area contributed by atoms with Gasteiger partial charge in [0.15, 0.2) is 0 Å². The zero-order valence-electron chi connectivity index (χ0n) is 13.5. The Bertz CT molecular complexity index is 780. The molecule has 2 unspecified atom stereocenters. The fraction of sp³-hybridized carbons (Fsp3) is 0.188. The largest absolute Gasteiger partial charge is 0.508 e. The first kappa shape index (κ1) is 18.5. The van der Waals surface area contributed by atoms with E-state index < -0.39 is 6.03 Å². The van der Waals surface area contributed by atoms with Crippen LogP contribution in [0.4, 0.5) is 16.2 Å². The molecule has 2 aromatic carbocycles. The second kappa shape index (κ2) is 7.96. The van der Waals surface area contributed by atoms with Crippen molar-refractivity contribution in [1.29, 1.82) is 0 Å². The minimum absolute atomic E-state index is 0.00269. The molecule has 3 rings (SSSR count). The van der Waals surface area contributed by atoms with Crippen molar-refractivity contribution in [3.63, 3.8) is 0 Å². The number of aromatic hydroxyl groups is 2. The summed E-state index contributed by atoms with van der Waals surface area (Å²) in [6.45, 7) is 0.0813. The highest BCUT2D eigenvalue weighted by molar-refractivity contribution is 7.82. The minimum atomic E-state index is -0.427. The molecule has 0 bridgehead atoms. The fourth-order valence-electron chi connectivity index (χ4n) is 2.49. The SMILES string of the molecule is O=C(NCc1cc(O)ccc1O)Nc1ccc(N2C(S)NNC2S)cc1. The van der Waals surface area contributed by atoms with Crippen molar-refractivity contribution in [3.8, 4) is 11.5 Å². The second-order valence-corrected chi connectivity index (χ2v) is 6.59. The molecular formula is C16H19N5O3S2. The van der Waals surface area contributed by atoms with Gasteiger partial charge in [-0.2, -0.15) is 0 Å². The lowest BCUT2D eigenvalue weighted by Gasteiger charge is -2.25. The van der Waals surface area contributed by atoms with Crippen molar-refractivity contribution in [3.05, 3.63) is 48.0 Å². The van der Waals surface area contributed by atoms with E-state index in [0.29, 0.717) is 11.3 Å². The Labute approximate surface area is 161 Å². The Balaban J connectivity index is 1.57. The molecule has 8 nitrogen and oxygen atoms in total. The number of benzene rings is 2. The molecule has 0 aromatic heterocycles. The van der Waals surface area contributed by atoms with Gasteiger partial charge in [0.2, 0.25) is 0 Å². The van der Waals surface area contributed by atoms with E-state index in [4.69, 9.17) is 0 Å². The average Bonchev–Trinajstić information content (AvgIpc) is 2.95. The molecule has 1 heterocycles. The number of phenolic OH excluding ortho intramolecular Hbond substituents is 2. The summed E-state index contributed by atoms with van der Waals surface area (Å²) in [5.74, 6) is 0.0226. The van der Waals surface area contributed by atoms with Crippen molar-refractivity contribution < 1.29 is 15.0 Å². The van der Waals surface area contributed by atoms with Crippen LogP contribution in [-0.4, -0.2) is 27.2 Å². The third-order valence-electron chi connectivity index (χ3n) is 3.79. The van der Waals surface area contributed by atoms with Crippen LogP contribution in [0, 0.1) is 0 Å². The van der Waals surface area contributed by atoms with E-state index in [-0.39, 0.29) is 29.0 Å². The fourth-order valence-corrected chi connectivity index (χ4v) is 3.27. The molecule has 0 spiro atoms. The number of carbonyl (C=O) groups excluding carboxylic acids is 1. The van der Waals surface area contributed by atoms with Crippen LogP contribution in [0.3, 0.4) is 0 Å². The van der Waals surface area contributed by atoms with E-state index in [0.717, 1.165) is 5.69 Å². The average molecular weight is 393 g/mol. The van der Waals surface area contributed by atoms with Crippen LogP contribution >= 0.6 is 25.3 Å². The lowest BCUT2D eigenvalue weighted by molar-refractivity contribution is 0.251. The quantitative estimate of drug-likeness (QED) is 0.297. The van der Waals surface area contributed by atoms with Crippen LogP contribution < -0.4 is 26.4 Å². The summed E-state index contributed by atoms with van der Waals surface area (Å²) in [6, 6.07) is 10.9. The van der Waals surface area contributed by atoms with Crippen molar-refractivity contribution in [2.75, 3.05) is 10.2 Å². The maximum absolute atomic E-state index is 12.0. The Morgan fingerprint density at radius 3 is 2.38 bits per heavy atom. The van der Waals surface area contributed by atoms with E-state index in [2.05, 4.69) is 46.7 Å². The first-order chi connectivity index (χ1) is 12.4. The Kier molecular flexibility index (Phi) is 5.67. The van der Waals surface area contributed by atoms with E-state index in [1.807, 2.05) is 17.0 Å². The number of anilines is 2. The molecule has 6 N–H and O–H groups in total. The minimum Gasteiger partial charge on any atom is -0.508 e. The molecule has 0 saturated carbocycles. The van der Waals surface area contributed by atoms with Crippen LogP contribution in [0.25, 0.3) is 0 Å². The number of thiol groups is 2. The predicted molar refractivity (Wildman–Crippen MR) is 106 cm³/mol. The van der Waals surface area contributed by atoms with Gasteiger partial charge in [-0.05, 0) is 42.5 Å². The topological polar surface area (TPSA) is 109 Å². The molecule has 138 valence electrons. The molecular weight excluding hydrogens is 374 g/mol. The zero-order chi connectivity index (χ0) is 18.7. The molecule has 2 amide bonds. The maximum atomic E-state index is 12.0. The monoisotopic (exact) mass is 393 g/mol. The van der Waals surface area contributed by atoms with Crippen molar-refractivity contribution >= 4 is 42.7 Å². The molecule has 26 heavy (non-hydrogen) atoms. The lowest BCUT2D eigenvalue weighted by atomic mass is 10.2. The van der Waals surface area contributed by atoms with Gasteiger partial charge in [0.1, 0.15) is 22.5 Å². The van der Waals surface area contributed by atoms with E-state index >= 15 is 0 Å². The molecule has 1 fully saturated rings. The molecule has 2 aromatic rings. The number of urea groups is 1. The van der Waals surface area contributed by atoms with Crippen molar-refractivity contribution in [2.45, 2.75) is 17.5 Å². The van der Waals surface area contributed by atoms with Gasteiger partial charge in [0.25, 0.3) is 0 Å². The van der Waals surface area contributed by atoms with Crippen LogP contribution in [0.15, 0.2) is 42.5 Å². The van der Waals surface area contributed by atoms with Gasteiger partial charge >= 0.3 is 6.03 Å². The number of hydrogen-bond acceptors (Lipinski definition) is 8. The summed E-state index contributed by atoms with van der Waals surface area (Å²) in [5, 5.41) is 24.5. The number of phenols is 2. The van der Waals surface area contributed by atoms with Crippen LogP contribution in [0.5, 0.6) is 11.5 Å². The maximum Gasteiger partial charge on any atom is 0.319 e. The van der Waals surface area contributed by atoms with Gasteiger partial charge in [-0.25, -0.2) is 15.6 Å². The van der Waals surface area contributed by atoms with Crippen LogP contribution in [-0.2, 0) is 6.54 Å². The zero-order valence-corrected chi connectivity index (χ0v) is 15.3. The van der Waals surface area contributed by atoms with Crippen LogP contribution in [0.1, 0.15) is 5.56 Å². The van der Waals surface area contributed by atoms with Gasteiger partial charge in [0.05, 0.1) is 0 Å². The third kappa shape index (κ3) is 4.28. The van der Waals surface area contributed by atoms with Gasteiger partial charge in [-0.3, -0.25) is 0 Å². The molecule has 1 aliphatic rings. The number of carbonyl (C=O) groups is 1. The lowest BCUT2D eigenvalue weighted by Crippen LogP contribution is -2.33. The summed E-state index contributed by atoms with van der Waals surface area (Å²) in [6.07, 6.45) is 0. The van der Waals surface area contributed by atoms with E-state index in [9.17, 15) is 15.0 Å². The highest BCUT2D eigenvalue weighted by Gasteiger charge is 2.27. The summed E-state index contributed by atoms with van der Waals surface area (Å²) < 4.78 is 0. The Morgan fingerprint density at radius 2 is 1.73 bits per heavy atom. The van der Waals surface area contributed by atoms with Gasteiger partial charge in [-0.1, -0.05) is 0 Å². The van der Waals surface area contributed by atoms with Crippen LogP contribution in [0.2, 0.25) is 0 Å². The first-order valence-corrected chi connectivity index (χ1v) is 8.78. The van der Waals surface area contributed by atoms with Crippen molar-refractivity contribution in [1.82, 2.24) is 16.2 Å². The Morgan fingerprint density at radius 1 is 1.08 bits per heavy atom.